The molecule has 1 amide bonds. The van der Waals surface area contributed by atoms with E-state index in [0.29, 0.717) is 17.9 Å². The maximum absolute atomic E-state index is 12.0. The number of pyridine rings is 1. The summed E-state index contributed by atoms with van der Waals surface area (Å²) in [4.78, 5) is 16.0. The first-order chi connectivity index (χ1) is 9.20. The van der Waals surface area contributed by atoms with E-state index >= 15 is 0 Å². The van der Waals surface area contributed by atoms with Gasteiger partial charge in [0.1, 0.15) is 0 Å². The third-order valence-corrected chi connectivity index (χ3v) is 3.02. The Bertz CT molecular complexity index is 588. The maximum Gasteiger partial charge on any atom is 0.255 e. The minimum absolute atomic E-state index is 0.221. The Morgan fingerprint density at radius 1 is 1.32 bits per heavy atom. The van der Waals surface area contributed by atoms with Crippen LogP contribution < -0.4 is 16.6 Å². The van der Waals surface area contributed by atoms with Crippen molar-refractivity contribution >= 4 is 27.7 Å². The average molecular weight is 321 g/mol. The van der Waals surface area contributed by atoms with E-state index in [-0.39, 0.29) is 5.91 Å². The number of nitrogens with one attached hydrogen (secondary N) is 2. The Morgan fingerprint density at radius 2 is 2.16 bits per heavy atom. The minimum atomic E-state index is -0.221. The summed E-state index contributed by atoms with van der Waals surface area (Å²) in [5.74, 6) is 5.45. The molecule has 1 aromatic heterocycles. The Balaban J connectivity index is 2.05. The molecule has 1 heterocycles. The topological polar surface area (TPSA) is 80.0 Å². The molecule has 4 N–H and O–H groups in total. The molecule has 5 nitrogen and oxygen atoms in total. The molecule has 0 fully saturated rings. The molecule has 0 bridgehead atoms. The van der Waals surface area contributed by atoms with Gasteiger partial charge < -0.3 is 10.7 Å². The quantitative estimate of drug-likeness (QED) is 0.595. The summed E-state index contributed by atoms with van der Waals surface area (Å²) in [5.41, 5.74) is 3.83. The van der Waals surface area contributed by atoms with Crippen molar-refractivity contribution in [3.8, 4) is 0 Å². The van der Waals surface area contributed by atoms with Gasteiger partial charge in [-0.3, -0.25) is 4.79 Å². The molecule has 0 radical (unpaired) electrons. The predicted octanol–water partition coefficient (Wildman–Crippen LogP) is 2.06. The second-order valence-corrected chi connectivity index (χ2v) is 4.77. The summed E-state index contributed by atoms with van der Waals surface area (Å²) < 4.78 is 0.977. The van der Waals surface area contributed by atoms with E-state index in [1.165, 1.54) is 0 Å². The molecule has 0 unspecified atom stereocenters. The SMILES string of the molecule is NNc1ncccc1C(=O)NCc1cccc(Br)c1. The smallest absolute Gasteiger partial charge is 0.255 e. The number of amides is 1. The van der Waals surface area contributed by atoms with Crippen molar-refractivity contribution in [3.05, 3.63) is 58.2 Å². The number of aromatic nitrogens is 1. The van der Waals surface area contributed by atoms with E-state index < -0.39 is 0 Å². The molecule has 0 atom stereocenters. The van der Waals surface area contributed by atoms with Gasteiger partial charge in [-0.25, -0.2) is 10.8 Å². The summed E-state index contributed by atoms with van der Waals surface area (Å²) in [6.45, 7) is 0.442. The van der Waals surface area contributed by atoms with Gasteiger partial charge in [0.25, 0.3) is 5.91 Å². The molecule has 0 aliphatic carbocycles. The number of hydrogen-bond donors (Lipinski definition) is 3. The molecule has 2 rings (SSSR count). The lowest BCUT2D eigenvalue weighted by Crippen LogP contribution is -2.25. The fourth-order valence-corrected chi connectivity index (χ4v) is 2.07. The molecule has 0 spiro atoms. The van der Waals surface area contributed by atoms with Crippen molar-refractivity contribution in [2.45, 2.75) is 6.54 Å². The number of nitrogen functional groups attached to an aromatic ring is 1. The fourth-order valence-electron chi connectivity index (χ4n) is 1.63. The summed E-state index contributed by atoms with van der Waals surface area (Å²) in [5, 5.41) is 2.82. The van der Waals surface area contributed by atoms with Crippen molar-refractivity contribution in [2.75, 3.05) is 5.43 Å². The Kier molecular flexibility index (Phi) is 4.48. The lowest BCUT2D eigenvalue weighted by Gasteiger charge is -2.08. The first-order valence-corrected chi connectivity index (χ1v) is 6.44. The summed E-state index contributed by atoms with van der Waals surface area (Å²) >= 11 is 3.39. The average Bonchev–Trinajstić information content (AvgIpc) is 2.45. The highest BCUT2D eigenvalue weighted by atomic mass is 79.9. The van der Waals surface area contributed by atoms with Crippen molar-refractivity contribution in [1.82, 2.24) is 10.3 Å². The van der Waals surface area contributed by atoms with Crippen molar-refractivity contribution in [2.24, 2.45) is 5.84 Å². The Labute approximate surface area is 119 Å². The number of carbonyl (C=O) groups is 1. The first kappa shape index (κ1) is 13.5. The number of anilines is 1. The van der Waals surface area contributed by atoms with Gasteiger partial charge in [-0.05, 0) is 29.8 Å². The van der Waals surface area contributed by atoms with Crippen LogP contribution in [0.25, 0.3) is 0 Å². The maximum atomic E-state index is 12.0. The molecule has 98 valence electrons. The first-order valence-electron chi connectivity index (χ1n) is 5.65. The zero-order valence-electron chi connectivity index (χ0n) is 10.1. The largest absolute Gasteiger partial charge is 0.348 e. The molecule has 2 aromatic rings. The van der Waals surface area contributed by atoms with Gasteiger partial charge in [-0.2, -0.15) is 0 Å². The van der Waals surface area contributed by atoms with Gasteiger partial charge in [0, 0.05) is 17.2 Å². The van der Waals surface area contributed by atoms with Gasteiger partial charge in [0.05, 0.1) is 5.56 Å². The highest BCUT2D eigenvalue weighted by Crippen LogP contribution is 2.13. The fraction of sp³-hybridized carbons (Fsp3) is 0.0769. The second kappa shape index (κ2) is 6.31. The molecule has 0 saturated carbocycles. The van der Waals surface area contributed by atoms with Crippen LogP contribution in [0.5, 0.6) is 0 Å². The molecule has 19 heavy (non-hydrogen) atoms. The molecule has 1 aromatic carbocycles. The lowest BCUT2D eigenvalue weighted by atomic mass is 10.2. The normalized spacial score (nSPS) is 10.0. The Hall–Kier alpha value is -1.92. The molecule has 6 heteroatoms. The molecular formula is C13H13BrN4O. The Morgan fingerprint density at radius 3 is 2.89 bits per heavy atom. The highest BCUT2D eigenvalue weighted by molar-refractivity contribution is 9.10. The zero-order chi connectivity index (χ0) is 13.7. The third-order valence-electron chi connectivity index (χ3n) is 2.53. The number of carbonyl (C=O) groups excluding carboxylic acids is 1. The van der Waals surface area contributed by atoms with Crippen molar-refractivity contribution < 1.29 is 4.79 Å². The third kappa shape index (κ3) is 3.52. The van der Waals surface area contributed by atoms with Crippen LogP contribution in [-0.2, 0) is 6.54 Å². The minimum Gasteiger partial charge on any atom is -0.348 e. The van der Waals surface area contributed by atoms with Crippen molar-refractivity contribution in [1.29, 1.82) is 0 Å². The van der Waals surface area contributed by atoms with Gasteiger partial charge >= 0.3 is 0 Å². The standard InChI is InChI=1S/C13H13BrN4O/c14-10-4-1-3-9(7-10)8-17-13(19)11-5-2-6-16-12(11)18-15/h1-7H,8,15H2,(H,16,18)(H,17,19). The van der Waals surface area contributed by atoms with Gasteiger partial charge in [-0.1, -0.05) is 28.1 Å². The van der Waals surface area contributed by atoms with E-state index in [4.69, 9.17) is 5.84 Å². The van der Waals surface area contributed by atoms with Gasteiger partial charge in [0.15, 0.2) is 5.82 Å². The number of halogens is 1. The number of nitrogens with zero attached hydrogens (tertiary/aromatic N) is 1. The van der Waals surface area contributed by atoms with E-state index in [0.717, 1.165) is 10.0 Å². The number of hydrazine groups is 1. The van der Waals surface area contributed by atoms with Crippen LogP contribution in [0, 0.1) is 0 Å². The molecule has 0 aliphatic heterocycles. The number of benzene rings is 1. The predicted molar refractivity (Wildman–Crippen MR) is 77.4 cm³/mol. The summed E-state index contributed by atoms with van der Waals surface area (Å²) in [6.07, 6.45) is 1.57. The van der Waals surface area contributed by atoms with E-state index in [1.807, 2.05) is 24.3 Å². The van der Waals surface area contributed by atoms with Crippen LogP contribution in [0.3, 0.4) is 0 Å². The van der Waals surface area contributed by atoms with Crippen LogP contribution >= 0.6 is 15.9 Å². The number of rotatable bonds is 4. The van der Waals surface area contributed by atoms with Crippen LogP contribution in [-0.4, -0.2) is 10.9 Å². The van der Waals surface area contributed by atoms with Gasteiger partial charge in [-0.15, -0.1) is 0 Å². The van der Waals surface area contributed by atoms with Crippen molar-refractivity contribution in [3.63, 3.8) is 0 Å². The molecule has 0 saturated heterocycles. The van der Waals surface area contributed by atoms with Crippen LogP contribution in [0.4, 0.5) is 5.82 Å². The van der Waals surface area contributed by atoms with Crippen LogP contribution in [0.15, 0.2) is 47.1 Å². The van der Waals surface area contributed by atoms with E-state index in [2.05, 4.69) is 31.7 Å². The zero-order valence-corrected chi connectivity index (χ0v) is 11.6. The van der Waals surface area contributed by atoms with E-state index in [9.17, 15) is 4.79 Å². The van der Waals surface area contributed by atoms with Gasteiger partial charge in [0.2, 0.25) is 0 Å². The lowest BCUT2D eigenvalue weighted by molar-refractivity contribution is 0.0951. The molecular weight excluding hydrogens is 308 g/mol. The highest BCUT2D eigenvalue weighted by Gasteiger charge is 2.10. The van der Waals surface area contributed by atoms with E-state index in [1.54, 1.807) is 18.3 Å². The summed E-state index contributed by atoms with van der Waals surface area (Å²) in [6, 6.07) is 11.1. The van der Waals surface area contributed by atoms with Crippen LogP contribution in [0.1, 0.15) is 15.9 Å². The molecule has 0 aliphatic rings. The van der Waals surface area contributed by atoms with Crippen LogP contribution in [0.2, 0.25) is 0 Å². The number of nitrogens with two attached hydrogens (primary N) is 1. The monoisotopic (exact) mass is 320 g/mol. The number of hydrogen-bond acceptors (Lipinski definition) is 4. The summed E-state index contributed by atoms with van der Waals surface area (Å²) in [7, 11) is 0. The second-order valence-electron chi connectivity index (χ2n) is 3.86.